The van der Waals surface area contributed by atoms with Crippen molar-refractivity contribution in [2.24, 2.45) is 0 Å². The van der Waals surface area contributed by atoms with Gasteiger partial charge in [0, 0.05) is 11.8 Å². The molecule has 86 valence electrons. The van der Waals surface area contributed by atoms with Gasteiger partial charge in [-0.25, -0.2) is 9.97 Å². The number of alkyl halides is 1. The smallest absolute Gasteiger partial charge is 0.139 e. The van der Waals surface area contributed by atoms with E-state index in [0.717, 1.165) is 22.8 Å². The number of aromatic nitrogens is 2. The summed E-state index contributed by atoms with van der Waals surface area (Å²) in [5.74, 6) is 2.24. The maximum Gasteiger partial charge on any atom is 0.139 e. The van der Waals surface area contributed by atoms with E-state index in [4.69, 9.17) is 16.3 Å². The van der Waals surface area contributed by atoms with Gasteiger partial charge in [0.1, 0.15) is 18.2 Å². The van der Waals surface area contributed by atoms with Gasteiger partial charge in [0.15, 0.2) is 0 Å². The van der Waals surface area contributed by atoms with Crippen molar-refractivity contribution in [2.75, 3.05) is 6.61 Å². The first-order valence-electron chi connectivity index (χ1n) is 5.48. The van der Waals surface area contributed by atoms with Gasteiger partial charge in [-0.1, -0.05) is 18.2 Å². The number of hydrogen-bond acceptors (Lipinski definition) is 3. The van der Waals surface area contributed by atoms with E-state index in [1.54, 1.807) is 6.20 Å². The highest BCUT2D eigenvalue weighted by Crippen LogP contribution is 2.36. The molecular weight excluding hydrogens is 236 g/mol. The van der Waals surface area contributed by atoms with Crippen LogP contribution in [0.1, 0.15) is 23.0 Å². The van der Waals surface area contributed by atoms with Crippen molar-refractivity contribution < 1.29 is 4.74 Å². The second-order valence-electron chi connectivity index (χ2n) is 3.94. The molecule has 0 saturated heterocycles. The molecule has 1 unspecified atom stereocenters. The van der Waals surface area contributed by atoms with Gasteiger partial charge < -0.3 is 4.74 Å². The van der Waals surface area contributed by atoms with Gasteiger partial charge in [0.2, 0.25) is 0 Å². The summed E-state index contributed by atoms with van der Waals surface area (Å²) >= 11 is 5.78. The van der Waals surface area contributed by atoms with E-state index in [2.05, 4.69) is 16.0 Å². The van der Waals surface area contributed by atoms with Crippen molar-refractivity contribution in [1.82, 2.24) is 9.97 Å². The van der Waals surface area contributed by atoms with E-state index in [1.165, 1.54) is 0 Å². The standard InChI is InChI=1S/C13H11ClN2O/c14-7-9-5-6-15-13(16-9)11-8-17-12-4-2-1-3-10(11)12/h1-6,11H,7-8H2. The van der Waals surface area contributed by atoms with Crippen LogP contribution in [0.4, 0.5) is 0 Å². The first kappa shape index (κ1) is 10.5. The number of fused-ring (bicyclic) bond motifs is 1. The van der Waals surface area contributed by atoms with Crippen molar-refractivity contribution >= 4 is 11.6 Å². The minimum absolute atomic E-state index is 0.120. The third kappa shape index (κ3) is 1.87. The molecule has 0 N–H and O–H groups in total. The maximum atomic E-state index is 5.78. The molecule has 3 rings (SSSR count). The normalized spacial score (nSPS) is 17.6. The molecule has 2 aromatic rings. The van der Waals surface area contributed by atoms with E-state index in [-0.39, 0.29) is 5.92 Å². The lowest BCUT2D eigenvalue weighted by Gasteiger charge is -2.07. The fraction of sp³-hybridized carbons (Fsp3) is 0.231. The van der Waals surface area contributed by atoms with Crippen molar-refractivity contribution in [2.45, 2.75) is 11.8 Å². The number of rotatable bonds is 2. The third-order valence-electron chi connectivity index (χ3n) is 2.88. The molecule has 2 heterocycles. The molecule has 0 spiro atoms. The fourth-order valence-corrected chi connectivity index (χ4v) is 2.18. The molecule has 0 aliphatic carbocycles. The van der Waals surface area contributed by atoms with Crippen LogP contribution in [0.15, 0.2) is 36.5 Å². The van der Waals surface area contributed by atoms with Crippen LogP contribution >= 0.6 is 11.6 Å². The first-order valence-corrected chi connectivity index (χ1v) is 6.01. The van der Waals surface area contributed by atoms with Gasteiger partial charge in [0.05, 0.1) is 17.5 Å². The van der Waals surface area contributed by atoms with Gasteiger partial charge in [-0.05, 0) is 12.1 Å². The van der Waals surface area contributed by atoms with Gasteiger partial charge in [-0.3, -0.25) is 0 Å². The number of ether oxygens (including phenoxy) is 1. The molecule has 0 saturated carbocycles. The maximum absolute atomic E-state index is 5.78. The van der Waals surface area contributed by atoms with Gasteiger partial charge in [0.25, 0.3) is 0 Å². The second kappa shape index (κ2) is 4.34. The Balaban J connectivity index is 2.01. The highest BCUT2D eigenvalue weighted by molar-refractivity contribution is 6.16. The van der Waals surface area contributed by atoms with E-state index in [1.807, 2.05) is 24.3 Å². The molecule has 3 nitrogen and oxygen atoms in total. The number of nitrogens with zero attached hydrogens (tertiary/aromatic N) is 2. The van der Waals surface area contributed by atoms with Crippen LogP contribution in [0, 0.1) is 0 Å². The average Bonchev–Trinajstić information content (AvgIpc) is 2.82. The van der Waals surface area contributed by atoms with Crippen LogP contribution in [0.2, 0.25) is 0 Å². The van der Waals surface area contributed by atoms with Crippen molar-refractivity contribution in [3.8, 4) is 5.75 Å². The van der Waals surface area contributed by atoms with E-state index in [0.29, 0.717) is 12.5 Å². The molecule has 1 aliphatic rings. The molecule has 1 atom stereocenters. The largest absolute Gasteiger partial charge is 0.492 e. The lowest BCUT2D eigenvalue weighted by molar-refractivity contribution is 0.339. The number of hydrogen-bond donors (Lipinski definition) is 0. The van der Waals surface area contributed by atoms with Gasteiger partial charge in [-0.15, -0.1) is 11.6 Å². The summed E-state index contributed by atoms with van der Waals surface area (Å²) in [7, 11) is 0. The number of benzene rings is 1. The Morgan fingerprint density at radius 1 is 1.29 bits per heavy atom. The molecule has 1 aromatic carbocycles. The molecule has 1 aromatic heterocycles. The molecule has 0 radical (unpaired) electrons. The van der Waals surface area contributed by atoms with Gasteiger partial charge in [-0.2, -0.15) is 0 Å². The number of halogens is 1. The molecule has 1 aliphatic heterocycles. The third-order valence-corrected chi connectivity index (χ3v) is 3.15. The molecule has 0 bridgehead atoms. The Labute approximate surface area is 104 Å². The Hall–Kier alpha value is -1.61. The predicted octanol–water partition coefficient (Wildman–Crippen LogP) is 2.74. The van der Waals surface area contributed by atoms with E-state index >= 15 is 0 Å². The van der Waals surface area contributed by atoms with Crippen LogP contribution in [-0.4, -0.2) is 16.6 Å². The second-order valence-corrected chi connectivity index (χ2v) is 4.21. The zero-order valence-electron chi connectivity index (χ0n) is 9.14. The van der Waals surface area contributed by atoms with Crippen LogP contribution in [0.3, 0.4) is 0 Å². The zero-order chi connectivity index (χ0) is 11.7. The summed E-state index contributed by atoms with van der Waals surface area (Å²) < 4.78 is 5.63. The van der Waals surface area contributed by atoms with Crippen LogP contribution in [0.5, 0.6) is 5.75 Å². The lowest BCUT2D eigenvalue weighted by Crippen LogP contribution is -2.08. The van der Waals surface area contributed by atoms with Crippen molar-refractivity contribution in [1.29, 1.82) is 0 Å². The highest BCUT2D eigenvalue weighted by Gasteiger charge is 2.27. The lowest BCUT2D eigenvalue weighted by atomic mass is 10.0. The van der Waals surface area contributed by atoms with Crippen molar-refractivity contribution in [3.63, 3.8) is 0 Å². The SMILES string of the molecule is ClCc1ccnc(C2COc3ccccc32)n1. The molecule has 17 heavy (non-hydrogen) atoms. The Bertz CT molecular complexity index is 544. The molecule has 0 amide bonds. The van der Waals surface area contributed by atoms with E-state index in [9.17, 15) is 0 Å². The fourth-order valence-electron chi connectivity index (χ4n) is 2.03. The van der Waals surface area contributed by atoms with Crippen LogP contribution in [0.25, 0.3) is 0 Å². The van der Waals surface area contributed by atoms with Crippen LogP contribution < -0.4 is 4.74 Å². The predicted molar refractivity (Wildman–Crippen MR) is 65.4 cm³/mol. The van der Waals surface area contributed by atoms with Crippen LogP contribution in [-0.2, 0) is 5.88 Å². The first-order chi connectivity index (χ1) is 8.38. The minimum atomic E-state index is 0.120. The molecule has 4 heteroatoms. The zero-order valence-corrected chi connectivity index (χ0v) is 9.89. The molecular formula is C13H11ClN2O. The van der Waals surface area contributed by atoms with E-state index < -0.39 is 0 Å². The molecule has 0 fully saturated rings. The summed E-state index contributed by atoms with van der Waals surface area (Å²) in [5, 5.41) is 0. The number of para-hydroxylation sites is 1. The summed E-state index contributed by atoms with van der Waals surface area (Å²) in [6.07, 6.45) is 1.75. The summed E-state index contributed by atoms with van der Waals surface area (Å²) in [6.45, 7) is 0.602. The van der Waals surface area contributed by atoms with Gasteiger partial charge >= 0.3 is 0 Å². The Morgan fingerprint density at radius 2 is 2.18 bits per heavy atom. The topological polar surface area (TPSA) is 35.0 Å². The highest BCUT2D eigenvalue weighted by atomic mass is 35.5. The summed E-state index contributed by atoms with van der Waals surface area (Å²) in [4.78, 5) is 8.77. The minimum Gasteiger partial charge on any atom is -0.492 e. The Kier molecular flexibility index (Phi) is 2.69. The quantitative estimate of drug-likeness (QED) is 0.765. The Morgan fingerprint density at radius 3 is 3.06 bits per heavy atom. The summed E-state index contributed by atoms with van der Waals surface area (Å²) in [6, 6.07) is 9.84. The average molecular weight is 247 g/mol. The summed E-state index contributed by atoms with van der Waals surface area (Å²) in [5.41, 5.74) is 2.00. The monoisotopic (exact) mass is 246 g/mol. The van der Waals surface area contributed by atoms with Crippen molar-refractivity contribution in [3.05, 3.63) is 53.6 Å².